The topological polar surface area (TPSA) is 119 Å². The molecule has 26 heavy (non-hydrogen) atoms. The van der Waals surface area contributed by atoms with Gasteiger partial charge in [0.25, 0.3) is 0 Å². The van der Waals surface area contributed by atoms with E-state index in [1.165, 1.54) is 23.1 Å². The highest BCUT2D eigenvalue weighted by molar-refractivity contribution is 5.84. The van der Waals surface area contributed by atoms with Crippen LogP contribution in [0.15, 0.2) is 18.2 Å². The van der Waals surface area contributed by atoms with Gasteiger partial charge in [0.2, 0.25) is 0 Å². The molecular formula is C17H21NO8. The van der Waals surface area contributed by atoms with E-state index in [0.717, 1.165) is 0 Å². The van der Waals surface area contributed by atoms with E-state index < -0.39 is 31.1 Å². The van der Waals surface area contributed by atoms with Crippen molar-refractivity contribution in [1.29, 1.82) is 0 Å². The molecular weight excluding hydrogens is 346 g/mol. The molecule has 142 valence electrons. The van der Waals surface area contributed by atoms with Crippen LogP contribution >= 0.6 is 0 Å². The number of aldehydes is 1. The SMILES string of the molecule is CCOC(=O)COc1cc(C=O)ccc1N(CC(=O)O)CC(=O)OCC. The van der Waals surface area contributed by atoms with Crippen LogP contribution in [-0.2, 0) is 23.9 Å². The highest BCUT2D eigenvalue weighted by Gasteiger charge is 2.20. The number of anilines is 1. The maximum absolute atomic E-state index is 11.8. The van der Waals surface area contributed by atoms with Gasteiger partial charge in [-0.15, -0.1) is 0 Å². The van der Waals surface area contributed by atoms with Crippen LogP contribution in [0.4, 0.5) is 5.69 Å². The third-order valence-corrected chi connectivity index (χ3v) is 3.06. The van der Waals surface area contributed by atoms with E-state index in [4.69, 9.17) is 19.3 Å². The lowest BCUT2D eigenvalue weighted by Crippen LogP contribution is -2.35. The Labute approximate surface area is 150 Å². The molecule has 1 aromatic rings. The van der Waals surface area contributed by atoms with Gasteiger partial charge in [0.1, 0.15) is 25.1 Å². The van der Waals surface area contributed by atoms with E-state index in [9.17, 15) is 19.2 Å². The molecule has 0 saturated heterocycles. The molecule has 1 N–H and O–H groups in total. The zero-order chi connectivity index (χ0) is 19.5. The van der Waals surface area contributed by atoms with Crippen molar-refractivity contribution in [2.45, 2.75) is 13.8 Å². The van der Waals surface area contributed by atoms with Gasteiger partial charge in [0, 0.05) is 5.56 Å². The lowest BCUT2D eigenvalue weighted by Gasteiger charge is -2.24. The fraction of sp³-hybridized carbons (Fsp3) is 0.412. The van der Waals surface area contributed by atoms with Crippen LogP contribution in [0.5, 0.6) is 5.75 Å². The molecule has 9 heteroatoms. The van der Waals surface area contributed by atoms with Gasteiger partial charge in [0.05, 0.1) is 18.9 Å². The maximum atomic E-state index is 11.8. The van der Waals surface area contributed by atoms with E-state index in [1.54, 1.807) is 13.8 Å². The second-order valence-electron chi connectivity index (χ2n) is 4.99. The molecule has 0 atom stereocenters. The number of hydrogen-bond donors (Lipinski definition) is 1. The van der Waals surface area contributed by atoms with Gasteiger partial charge in [-0.1, -0.05) is 0 Å². The molecule has 0 unspecified atom stereocenters. The van der Waals surface area contributed by atoms with Crippen LogP contribution in [0, 0.1) is 0 Å². The molecule has 0 fully saturated rings. The Hall–Kier alpha value is -3.10. The summed E-state index contributed by atoms with van der Waals surface area (Å²) in [6.07, 6.45) is 0.577. The highest BCUT2D eigenvalue weighted by Crippen LogP contribution is 2.29. The first kappa shape index (κ1) is 20.9. The molecule has 0 radical (unpaired) electrons. The molecule has 9 nitrogen and oxygen atoms in total. The Kier molecular flexibility index (Phi) is 8.62. The predicted octanol–water partition coefficient (Wildman–Crippen LogP) is 0.895. The average molecular weight is 367 g/mol. The standard InChI is InChI=1S/C17H21NO8/c1-3-24-16(22)9-18(8-15(20)21)13-6-5-12(10-19)7-14(13)26-11-17(23)25-4-2/h5-7,10H,3-4,8-9,11H2,1-2H3,(H,20,21). The van der Waals surface area contributed by atoms with E-state index >= 15 is 0 Å². The van der Waals surface area contributed by atoms with Crippen LogP contribution < -0.4 is 9.64 Å². The lowest BCUT2D eigenvalue weighted by atomic mass is 10.2. The number of aliphatic carboxylic acids is 1. The van der Waals surface area contributed by atoms with E-state index in [-0.39, 0.29) is 36.8 Å². The van der Waals surface area contributed by atoms with Crippen molar-refractivity contribution in [2.75, 3.05) is 37.8 Å². The number of hydrogen-bond acceptors (Lipinski definition) is 8. The third kappa shape index (κ3) is 6.80. The van der Waals surface area contributed by atoms with Crippen LogP contribution in [0.1, 0.15) is 24.2 Å². The van der Waals surface area contributed by atoms with Crippen molar-refractivity contribution in [3.05, 3.63) is 23.8 Å². The van der Waals surface area contributed by atoms with Gasteiger partial charge in [-0.3, -0.25) is 14.4 Å². The summed E-state index contributed by atoms with van der Waals surface area (Å²) < 4.78 is 15.0. The summed E-state index contributed by atoms with van der Waals surface area (Å²) in [4.78, 5) is 46.6. The van der Waals surface area contributed by atoms with Gasteiger partial charge < -0.3 is 24.2 Å². The smallest absolute Gasteiger partial charge is 0.344 e. The summed E-state index contributed by atoms with van der Waals surface area (Å²) in [5, 5.41) is 9.10. The molecule has 0 aliphatic heterocycles. The van der Waals surface area contributed by atoms with Gasteiger partial charge in [0.15, 0.2) is 6.61 Å². The van der Waals surface area contributed by atoms with E-state index in [0.29, 0.717) is 6.29 Å². The Morgan fingerprint density at radius 2 is 1.73 bits per heavy atom. The molecule has 0 heterocycles. The zero-order valence-electron chi connectivity index (χ0n) is 14.6. The number of carbonyl (C=O) groups is 4. The highest BCUT2D eigenvalue weighted by atomic mass is 16.6. The third-order valence-electron chi connectivity index (χ3n) is 3.06. The van der Waals surface area contributed by atoms with Crippen molar-refractivity contribution in [3.8, 4) is 5.75 Å². The van der Waals surface area contributed by atoms with Gasteiger partial charge in [-0.25, -0.2) is 4.79 Å². The number of carboxylic acids is 1. The second-order valence-corrected chi connectivity index (χ2v) is 4.99. The molecule has 0 aliphatic carbocycles. The number of carbonyl (C=O) groups excluding carboxylic acids is 3. The lowest BCUT2D eigenvalue weighted by molar-refractivity contribution is -0.145. The zero-order valence-corrected chi connectivity index (χ0v) is 14.6. The van der Waals surface area contributed by atoms with E-state index in [2.05, 4.69) is 0 Å². The summed E-state index contributed by atoms with van der Waals surface area (Å²) in [5.41, 5.74) is 0.495. The summed E-state index contributed by atoms with van der Waals surface area (Å²) in [7, 11) is 0. The molecule has 1 rings (SSSR count). The minimum atomic E-state index is -1.18. The summed E-state index contributed by atoms with van der Waals surface area (Å²) in [6, 6.07) is 4.23. The normalized spacial score (nSPS) is 9.92. The first-order valence-electron chi connectivity index (χ1n) is 7.91. The van der Waals surface area contributed by atoms with Crippen LogP contribution in [0.3, 0.4) is 0 Å². The molecule has 0 amide bonds. The van der Waals surface area contributed by atoms with Crippen LogP contribution in [0.25, 0.3) is 0 Å². The molecule has 0 saturated carbocycles. The fourth-order valence-electron chi connectivity index (χ4n) is 2.07. The minimum Gasteiger partial charge on any atom is -0.480 e. The number of rotatable bonds is 11. The van der Waals surface area contributed by atoms with Crippen molar-refractivity contribution in [3.63, 3.8) is 0 Å². The second kappa shape index (κ2) is 10.7. The largest absolute Gasteiger partial charge is 0.480 e. The fourth-order valence-corrected chi connectivity index (χ4v) is 2.07. The average Bonchev–Trinajstić information content (AvgIpc) is 2.59. The Bertz CT molecular complexity index is 658. The molecule has 1 aromatic carbocycles. The first-order valence-corrected chi connectivity index (χ1v) is 7.91. The number of ether oxygens (including phenoxy) is 3. The first-order chi connectivity index (χ1) is 12.4. The number of benzene rings is 1. The Morgan fingerprint density at radius 1 is 1.08 bits per heavy atom. The number of nitrogens with zero attached hydrogens (tertiary/aromatic N) is 1. The van der Waals surface area contributed by atoms with E-state index in [1.807, 2.05) is 0 Å². The van der Waals surface area contributed by atoms with Crippen molar-refractivity contribution in [1.82, 2.24) is 0 Å². The molecule has 0 spiro atoms. The quantitative estimate of drug-likeness (QED) is 0.449. The van der Waals surface area contributed by atoms with Crippen molar-refractivity contribution >= 4 is 29.9 Å². The number of esters is 2. The molecule has 0 aliphatic rings. The van der Waals surface area contributed by atoms with Crippen LogP contribution in [-0.4, -0.2) is 62.2 Å². The van der Waals surface area contributed by atoms with Gasteiger partial charge in [-0.2, -0.15) is 0 Å². The predicted molar refractivity (Wildman–Crippen MR) is 90.4 cm³/mol. The van der Waals surface area contributed by atoms with Gasteiger partial charge >= 0.3 is 17.9 Å². The van der Waals surface area contributed by atoms with Crippen molar-refractivity contribution in [2.24, 2.45) is 0 Å². The van der Waals surface area contributed by atoms with Crippen LogP contribution in [0.2, 0.25) is 0 Å². The Morgan fingerprint density at radius 3 is 2.31 bits per heavy atom. The monoisotopic (exact) mass is 367 g/mol. The summed E-state index contributed by atoms with van der Waals surface area (Å²) in [5.74, 6) is -2.34. The van der Waals surface area contributed by atoms with Crippen molar-refractivity contribution < 1.29 is 38.5 Å². The minimum absolute atomic E-state index is 0.0770. The molecule has 0 bridgehead atoms. The molecule has 0 aromatic heterocycles. The Balaban J connectivity index is 3.13. The summed E-state index contributed by atoms with van der Waals surface area (Å²) in [6.45, 7) is 2.33. The van der Waals surface area contributed by atoms with Gasteiger partial charge in [-0.05, 0) is 32.0 Å². The number of carboxylic acid groups (broad SMARTS) is 1. The summed E-state index contributed by atoms with van der Waals surface area (Å²) >= 11 is 0. The maximum Gasteiger partial charge on any atom is 0.344 e.